The van der Waals surface area contributed by atoms with E-state index in [0.29, 0.717) is 88.8 Å². The Labute approximate surface area is 497 Å². The number of ketones is 2. The van der Waals surface area contributed by atoms with Crippen LogP contribution in [0.25, 0.3) is 0 Å². The zero-order valence-corrected chi connectivity index (χ0v) is 51.5. The summed E-state index contributed by atoms with van der Waals surface area (Å²) in [6.45, 7) is 13.8. The highest BCUT2D eigenvalue weighted by Crippen LogP contribution is 2.18. The minimum absolute atomic E-state index is 0.0262. The number of carbonyl (C=O) groups excluding carboxylic acids is 9. The van der Waals surface area contributed by atoms with E-state index in [1.54, 1.807) is 27.9 Å². The van der Waals surface area contributed by atoms with Crippen molar-refractivity contribution in [1.29, 1.82) is 0 Å². The average Bonchev–Trinajstić information content (AvgIpc) is 3.67. The molecule has 0 unspecified atom stereocenters. The van der Waals surface area contributed by atoms with Crippen molar-refractivity contribution >= 4 is 64.3 Å². The largest absolute Gasteiger partial charge is 0.411 e. The summed E-state index contributed by atoms with van der Waals surface area (Å²) in [4.78, 5) is 112. The van der Waals surface area contributed by atoms with E-state index < -0.39 is 40.8 Å². The first-order chi connectivity index (χ1) is 39.9. The lowest BCUT2D eigenvalue weighted by Gasteiger charge is -2.31. The minimum Gasteiger partial charge on any atom is -0.411 e. The Balaban J connectivity index is 4.62. The number of hydrogen-bond acceptors (Lipinski definition) is 21. The van der Waals surface area contributed by atoms with Gasteiger partial charge in [0.25, 0.3) is 0 Å². The van der Waals surface area contributed by atoms with Crippen molar-refractivity contribution in [2.75, 3.05) is 113 Å². The van der Waals surface area contributed by atoms with Crippen molar-refractivity contribution in [3.63, 3.8) is 0 Å². The van der Waals surface area contributed by atoms with Crippen LogP contribution in [0.1, 0.15) is 144 Å². The van der Waals surface area contributed by atoms with Crippen LogP contribution >= 0.6 is 0 Å². The Morgan fingerprint density at radius 2 is 0.857 bits per heavy atom. The Hall–Kier alpha value is -5.75. The van der Waals surface area contributed by atoms with Gasteiger partial charge in [-0.1, -0.05) is 16.7 Å². The van der Waals surface area contributed by atoms with Crippen molar-refractivity contribution < 1.29 is 72.5 Å². The summed E-state index contributed by atoms with van der Waals surface area (Å²) < 4.78 is 21.5. The normalized spacial score (nSPS) is 13.2. The topological polar surface area (TPSA) is 416 Å². The van der Waals surface area contributed by atoms with Gasteiger partial charge >= 0.3 is 0 Å². The molecule has 0 radical (unpaired) electrons. The number of oxime groups is 2. The number of carbonyl (C=O) groups is 9. The monoisotopic (exact) mass is 1200 g/mol. The molecule has 0 aromatic rings. The van der Waals surface area contributed by atoms with Crippen LogP contribution in [0.4, 0.5) is 0 Å². The zero-order chi connectivity index (χ0) is 63.2. The number of unbranched alkanes of at least 4 members (excludes halogenated alkanes) is 3. The Kier molecular flexibility index (Phi) is 44.2. The van der Waals surface area contributed by atoms with E-state index in [1.807, 2.05) is 27.7 Å². The first-order valence-corrected chi connectivity index (χ1v) is 29.5. The summed E-state index contributed by atoms with van der Waals surface area (Å²) >= 11 is 0. The van der Waals surface area contributed by atoms with Gasteiger partial charge in [-0.25, -0.2) is 0 Å². The number of hydrogen-bond donors (Lipinski definition) is 13. The standard InChI is InChI=1S/C56H105N13O15/c1-40(68-79)55(3,4)66-36-43(37-67-56(5,6)41(2)69-80)47(71)21-15-18-44(70)35-42(54(78)65-26-14-11-20-46(60-8)53(58)77)17-9-12-24-61-48(72)22-16-23-49(73)63-27-29-81-31-34-84-39-51(75)64-28-30-82-32-33-83-38-50(74)62-25-13-10-19-45(59-7)52(57)76/h42-43,45-46,59-60,66-67,79-80H,9-39H2,1-8H3,(H2,57,76)(H2,58,77)(H,61,72)(H,62,74)(H,63,73)(H,64,75)(H,65,78)/b68-40+,69-41+/t42-,45+,46+/m1/s1. The number of rotatable bonds is 55. The van der Waals surface area contributed by atoms with Gasteiger partial charge in [-0.3, -0.25) is 43.2 Å². The molecule has 0 saturated heterocycles. The quantitative estimate of drug-likeness (QED) is 0.0163. The summed E-state index contributed by atoms with van der Waals surface area (Å²) in [5.41, 5.74) is 10.1. The molecule has 3 atom stereocenters. The van der Waals surface area contributed by atoms with Crippen LogP contribution in [0.5, 0.6) is 0 Å². The summed E-state index contributed by atoms with van der Waals surface area (Å²) in [7, 11) is 3.32. The first kappa shape index (κ1) is 78.2. The average molecular weight is 1200 g/mol. The van der Waals surface area contributed by atoms with Gasteiger partial charge in [0.15, 0.2) is 0 Å². The Morgan fingerprint density at radius 1 is 0.464 bits per heavy atom. The lowest BCUT2D eigenvalue weighted by Crippen LogP contribution is -2.53. The third-order valence-electron chi connectivity index (χ3n) is 14.2. The van der Waals surface area contributed by atoms with Crippen molar-refractivity contribution in [2.24, 2.45) is 33.6 Å². The molecule has 15 N–H and O–H groups in total. The number of nitrogens with zero attached hydrogens (tertiary/aromatic N) is 2. The molecule has 0 aromatic heterocycles. The first-order valence-electron chi connectivity index (χ1n) is 29.5. The summed E-state index contributed by atoms with van der Waals surface area (Å²) in [5, 5.41) is 51.6. The fraction of sp³-hybridized carbons (Fsp3) is 0.804. The fourth-order valence-electron chi connectivity index (χ4n) is 8.04. The van der Waals surface area contributed by atoms with E-state index in [0.717, 1.165) is 6.42 Å². The van der Waals surface area contributed by atoms with Crippen LogP contribution < -0.4 is 59.3 Å². The maximum absolute atomic E-state index is 13.6. The van der Waals surface area contributed by atoms with Gasteiger partial charge in [0.2, 0.25) is 41.4 Å². The van der Waals surface area contributed by atoms with E-state index in [9.17, 15) is 53.6 Å². The summed E-state index contributed by atoms with van der Waals surface area (Å²) in [6.07, 6.45) is 6.27. The third-order valence-corrected chi connectivity index (χ3v) is 14.2. The molecule has 84 heavy (non-hydrogen) atoms. The van der Waals surface area contributed by atoms with Crippen LogP contribution in [-0.4, -0.2) is 211 Å². The fourth-order valence-corrected chi connectivity index (χ4v) is 8.04. The number of Topliss-reactive ketones (excluding diaryl/α,β-unsaturated/α-hetero) is 2. The van der Waals surface area contributed by atoms with E-state index in [-0.39, 0.29) is 165 Å². The van der Waals surface area contributed by atoms with Gasteiger partial charge in [0.1, 0.15) is 24.8 Å². The molecule has 0 saturated carbocycles. The molecule has 484 valence electrons. The number of ether oxygens (including phenoxy) is 4. The maximum Gasteiger partial charge on any atom is 0.246 e. The highest BCUT2D eigenvalue weighted by molar-refractivity contribution is 5.91. The predicted molar refractivity (Wildman–Crippen MR) is 317 cm³/mol. The second-order valence-electron chi connectivity index (χ2n) is 21.7. The lowest BCUT2D eigenvalue weighted by atomic mass is 9.91. The number of primary amides is 2. The molecule has 0 aromatic carbocycles. The van der Waals surface area contributed by atoms with Crippen molar-refractivity contribution in [2.45, 2.75) is 167 Å². The molecule has 0 rings (SSSR count). The molecular weight excluding hydrogens is 1090 g/mol. The molecule has 0 aliphatic carbocycles. The van der Waals surface area contributed by atoms with Gasteiger partial charge in [-0.2, -0.15) is 0 Å². The molecule has 0 heterocycles. The predicted octanol–water partition coefficient (Wildman–Crippen LogP) is -0.171. The van der Waals surface area contributed by atoms with Crippen molar-refractivity contribution in [3.8, 4) is 0 Å². The highest BCUT2D eigenvalue weighted by atomic mass is 16.5. The SMILES string of the molecule is CN[C@@H](CCCCNC(=O)COCCOCCNC(=O)COCCOCCNC(=O)CCCC(=O)NCCCC[C@H](CC(=O)CCCC(=O)C(CNC(C)(C)/C(C)=N/O)CNC(C)(C)/C(C)=N/O)C(=O)NCCCC[C@H](NC)C(N)=O)C(N)=O. The van der Waals surface area contributed by atoms with E-state index in [2.05, 4.69) is 58.2 Å². The molecule has 7 amide bonds. The van der Waals surface area contributed by atoms with Gasteiger partial charge in [-0.05, 0) is 120 Å². The van der Waals surface area contributed by atoms with E-state index in [4.69, 9.17) is 30.4 Å². The second kappa shape index (κ2) is 47.5. The van der Waals surface area contributed by atoms with Crippen molar-refractivity contribution in [1.82, 2.24) is 47.9 Å². The number of nitrogens with two attached hydrogens (primary N) is 2. The summed E-state index contributed by atoms with van der Waals surface area (Å²) in [5.74, 6) is -3.61. The van der Waals surface area contributed by atoms with Crippen molar-refractivity contribution in [3.05, 3.63) is 0 Å². The molecular formula is C56H105N13O15. The van der Waals surface area contributed by atoms with Gasteiger partial charge < -0.3 is 88.7 Å². The molecule has 28 nitrogen and oxygen atoms in total. The van der Waals surface area contributed by atoms with E-state index >= 15 is 0 Å². The number of nitrogens with one attached hydrogen (secondary N) is 9. The smallest absolute Gasteiger partial charge is 0.246 e. The third kappa shape index (κ3) is 39.7. The highest BCUT2D eigenvalue weighted by Gasteiger charge is 2.30. The van der Waals surface area contributed by atoms with Gasteiger partial charge in [0.05, 0.1) is 74.2 Å². The maximum atomic E-state index is 13.6. The zero-order valence-electron chi connectivity index (χ0n) is 51.5. The Morgan fingerprint density at radius 3 is 1.30 bits per heavy atom. The van der Waals surface area contributed by atoms with Crippen LogP contribution in [0, 0.1) is 11.8 Å². The van der Waals surface area contributed by atoms with Crippen LogP contribution in [0.3, 0.4) is 0 Å². The number of likely N-dealkylation sites (N-methyl/N-ethyl adjacent to an activating group) is 2. The molecule has 0 aliphatic rings. The van der Waals surface area contributed by atoms with Gasteiger partial charge in [-0.15, -0.1) is 0 Å². The molecule has 0 spiro atoms. The minimum atomic E-state index is -0.715. The van der Waals surface area contributed by atoms with Crippen LogP contribution in [0.2, 0.25) is 0 Å². The number of amides is 7. The molecule has 0 fully saturated rings. The lowest BCUT2D eigenvalue weighted by molar-refractivity contribution is -0.130. The van der Waals surface area contributed by atoms with Crippen LogP contribution in [0.15, 0.2) is 10.3 Å². The van der Waals surface area contributed by atoms with Gasteiger partial charge in [0, 0.05) is 89.8 Å². The molecule has 0 bridgehead atoms. The molecule has 0 aliphatic heterocycles. The Bertz CT molecular complexity index is 1980. The summed E-state index contributed by atoms with van der Waals surface area (Å²) in [6, 6.07) is -0.861. The molecule has 28 heteroatoms. The van der Waals surface area contributed by atoms with E-state index in [1.165, 1.54) is 0 Å². The second-order valence-corrected chi connectivity index (χ2v) is 21.7. The van der Waals surface area contributed by atoms with Crippen LogP contribution in [-0.2, 0) is 62.1 Å².